The zero-order valence-corrected chi connectivity index (χ0v) is 26.9. The molecule has 41 heavy (non-hydrogen) atoms. The first-order chi connectivity index (χ1) is 19.3. The van der Waals surface area contributed by atoms with Crippen LogP contribution >= 0.6 is 27.5 Å². The Morgan fingerprint density at radius 3 is 2.32 bits per heavy atom. The fourth-order valence-electron chi connectivity index (χ4n) is 4.08. The summed E-state index contributed by atoms with van der Waals surface area (Å²) in [5, 5.41) is 3.14. The number of hydrogen-bond acceptors (Lipinski definition) is 5. The zero-order valence-electron chi connectivity index (χ0n) is 23.7. The van der Waals surface area contributed by atoms with Crippen LogP contribution in [0.2, 0.25) is 5.02 Å². The van der Waals surface area contributed by atoms with Crippen molar-refractivity contribution in [2.75, 3.05) is 24.5 Å². The number of benzene rings is 3. The van der Waals surface area contributed by atoms with Crippen LogP contribution in [0.15, 0.2) is 76.1 Å². The quantitative estimate of drug-likeness (QED) is 0.264. The van der Waals surface area contributed by atoms with Crippen LogP contribution in [0.4, 0.5) is 5.69 Å². The number of nitrogens with one attached hydrogen (secondary N) is 1. The Morgan fingerprint density at radius 1 is 1.02 bits per heavy atom. The molecule has 1 N–H and O–H groups in total. The van der Waals surface area contributed by atoms with Crippen molar-refractivity contribution in [3.05, 3.63) is 87.4 Å². The SMILES string of the molecule is COc1ccc(Cl)cc1N(CC(=O)N(Cc1cccc(Br)c1)[C@H](C)C(=O)NCC(C)C)S(=O)(=O)c1ccc(C)cc1. The first kappa shape index (κ1) is 32.4. The maximum atomic E-state index is 14.1. The highest BCUT2D eigenvalue weighted by Crippen LogP contribution is 2.35. The van der Waals surface area contributed by atoms with Crippen LogP contribution in [0.3, 0.4) is 0 Å². The fourth-order valence-corrected chi connectivity index (χ4v) is 6.11. The monoisotopic (exact) mass is 663 g/mol. The van der Waals surface area contributed by atoms with Gasteiger partial charge in [-0.15, -0.1) is 0 Å². The summed E-state index contributed by atoms with van der Waals surface area (Å²) < 4.78 is 35.3. The Morgan fingerprint density at radius 2 is 1.71 bits per heavy atom. The third kappa shape index (κ3) is 8.47. The number of amides is 2. The second-order valence-corrected chi connectivity index (χ2v) is 13.3. The number of carbonyl (C=O) groups excluding carboxylic acids is 2. The van der Waals surface area contributed by atoms with Crippen LogP contribution in [0.1, 0.15) is 31.9 Å². The number of aryl methyl sites for hydroxylation is 1. The van der Waals surface area contributed by atoms with E-state index in [1.165, 1.54) is 30.2 Å². The number of carbonyl (C=O) groups is 2. The van der Waals surface area contributed by atoms with Crippen LogP contribution in [0.5, 0.6) is 5.75 Å². The molecule has 0 heterocycles. The summed E-state index contributed by atoms with van der Waals surface area (Å²) in [4.78, 5) is 28.6. The van der Waals surface area contributed by atoms with Crippen molar-refractivity contribution in [2.24, 2.45) is 5.92 Å². The van der Waals surface area contributed by atoms with Gasteiger partial charge in [0.05, 0.1) is 17.7 Å². The summed E-state index contributed by atoms with van der Waals surface area (Å²) in [6.45, 7) is 7.36. The molecule has 0 aliphatic heterocycles. The van der Waals surface area contributed by atoms with Crippen molar-refractivity contribution in [1.82, 2.24) is 10.2 Å². The molecule has 2 amide bonds. The van der Waals surface area contributed by atoms with E-state index in [4.69, 9.17) is 16.3 Å². The number of hydrogen-bond donors (Lipinski definition) is 1. The smallest absolute Gasteiger partial charge is 0.264 e. The van der Waals surface area contributed by atoms with Crippen molar-refractivity contribution in [3.8, 4) is 5.75 Å². The molecule has 0 unspecified atom stereocenters. The minimum Gasteiger partial charge on any atom is -0.495 e. The molecule has 0 aliphatic carbocycles. The van der Waals surface area contributed by atoms with Gasteiger partial charge in [-0.2, -0.15) is 0 Å². The highest BCUT2D eigenvalue weighted by Gasteiger charge is 2.34. The lowest BCUT2D eigenvalue weighted by Gasteiger charge is -2.32. The first-order valence-electron chi connectivity index (χ1n) is 13.1. The lowest BCUT2D eigenvalue weighted by molar-refractivity contribution is -0.139. The van der Waals surface area contributed by atoms with E-state index in [0.717, 1.165) is 19.9 Å². The minimum absolute atomic E-state index is 0.000747. The third-order valence-corrected chi connectivity index (χ3v) is 8.89. The Kier molecular flexibility index (Phi) is 11.2. The molecule has 3 aromatic rings. The minimum atomic E-state index is -4.26. The molecule has 0 bridgehead atoms. The molecule has 3 aromatic carbocycles. The lowest BCUT2D eigenvalue weighted by Crippen LogP contribution is -2.51. The topological polar surface area (TPSA) is 96.0 Å². The zero-order chi connectivity index (χ0) is 30.3. The van der Waals surface area contributed by atoms with E-state index in [1.54, 1.807) is 31.2 Å². The molecular formula is C30H35BrClN3O5S. The molecule has 220 valence electrons. The Bertz CT molecular complexity index is 1480. The van der Waals surface area contributed by atoms with Gasteiger partial charge in [0.15, 0.2) is 0 Å². The molecule has 0 spiro atoms. The van der Waals surface area contributed by atoms with Crippen molar-refractivity contribution in [2.45, 2.75) is 45.2 Å². The van der Waals surface area contributed by atoms with Crippen LogP contribution in [-0.4, -0.2) is 51.4 Å². The molecule has 0 fully saturated rings. The molecule has 0 saturated carbocycles. The van der Waals surface area contributed by atoms with Crippen LogP contribution in [0.25, 0.3) is 0 Å². The van der Waals surface area contributed by atoms with Gasteiger partial charge in [-0.1, -0.05) is 71.2 Å². The van der Waals surface area contributed by atoms with Crippen LogP contribution < -0.4 is 14.4 Å². The highest BCUT2D eigenvalue weighted by atomic mass is 79.9. The summed E-state index contributed by atoms with van der Waals surface area (Å²) in [5.41, 5.74) is 1.76. The normalized spacial score (nSPS) is 12.1. The van der Waals surface area contributed by atoms with Gasteiger partial charge in [0.25, 0.3) is 10.0 Å². The van der Waals surface area contributed by atoms with Gasteiger partial charge in [0, 0.05) is 22.6 Å². The second-order valence-electron chi connectivity index (χ2n) is 10.1. The molecule has 8 nitrogen and oxygen atoms in total. The summed E-state index contributed by atoms with van der Waals surface area (Å²) in [7, 11) is -2.85. The largest absolute Gasteiger partial charge is 0.495 e. The number of anilines is 1. The number of rotatable bonds is 12. The Labute approximate surface area is 255 Å². The van der Waals surface area contributed by atoms with Gasteiger partial charge in [-0.25, -0.2) is 8.42 Å². The number of nitrogens with zero attached hydrogens (tertiary/aromatic N) is 2. The molecule has 0 radical (unpaired) electrons. The van der Waals surface area contributed by atoms with Gasteiger partial charge in [0.1, 0.15) is 18.3 Å². The van der Waals surface area contributed by atoms with Crippen molar-refractivity contribution >= 4 is 55.1 Å². The van der Waals surface area contributed by atoms with Gasteiger partial charge < -0.3 is 15.0 Å². The molecule has 0 saturated heterocycles. The van der Waals surface area contributed by atoms with E-state index in [-0.39, 0.29) is 39.7 Å². The van der Waals surface area contributed by atoms with E-state index >= 15 is 0 Å². The Balaban J connectivity index is 2.08. The van der Waals surface area contributed by atoms with Crippen LogP contribution in [-0.2, 0) is 26.2 Å². The van der Waals surface area contributed by atoms with Crippen LogP contribution in [0, 0.1) is 12.8 Å². The highest BCUT2D eigenvalue weighted by molar-refractivity contribution is 9.10. The van der Waals surface area contributed by atoms with Crippen molar-refractivity contribution in [3.63, 3.8) is 0 Å². The molecule has 3 rings (SSSR count). The third-order valence-electron chi connectivity index (χ3n) is 6.39. The van der Waals surface area contributed by atoms with Gasteiger partial charge in [-0.05, 0) is 67.8 Å². The standard InChI is InChI=1S/C30H35BrClN3O5S/c1-20(2)17-33-30(37)22(4)34(18-23-7-6-8-24(31)15-23)29(36)19-35(27-16-25(32)11-14-28(27)40-5)41(38,39)26-12-9-21(3)10-13-26/h6-16,20,22H,17-19H2,1-5H3,(H,33,37)/t22-/m1/s1. The molecule has 11 heteroatoms. The van der Waals surface area contributed by atoms with Gasteiger partial charge in [-0.3, -0.25) is 13.9 Å². The van der Waals surface area contributed by atoms with E-state index < -0.39 is 28.5 Å². The van der Waals surface area contributed by atoms with E-state index in [9.17, 15) is 18.0 Å². The van der Waals surface area contributed by atoms with E-state index in [2.05, 4.69) is 21.2 Å². The van der Waals surface area contributed by atoms with E-state index in [1.807, 2.05) is 45.0 Å². The second kappa shape index (κ2) is 14.2. The van der Waals surface area contributed by atoms with Crippen molar-refractivity contribution < 1.29 is 22.7 Å². The average molecular weight is 665 g/mol. The first-order valence-corrected chi connectivity index (χ1v) is 15.7. The fraction of sp³-hybridized carbons (Fsp3) is 0.333. The summed E-state index contributed by atoms with van der Waals surface area (Å²) in [6, 6.07) is 17.4. The molecule has 0 aromatic heterocycles. The number of sulfonamides is 1. The van der Waals surface area contributed by atoms with E-state index in [0.29, 0.717) is 6.54 Å². The summed E-state index contributed by atoms with van der Waals surface area (Å²) in [5.74, 6) is -0.477. The van der Waals surface area contributed by atoms with Gasteiger partial charge in [0.2, 0.25) is 11.8 Å². The predicted octanol–water partition coefficient (Wildman–Crippen LogP) is 5.80. The van der Waals surface area contributed by atoms with Crippen molar-refractivity contribution in [1.29, 1.82) is 0 Å². The number of ether oxygens (including phenoxy) is 1. The Hall–Kier alpha value is -3.08. The maximum Gasteiger partial charge on any atom is 0.264 e. The summed E-state index contributed by atoms with van der Waals surface area (Å²) >= 11 is 9.73. The lowest BCUT2D eigenvalue weighted by atomic mass is 10.1. The number of methoxy groups -OCH3 is 1. The average Bonchev–Trinajstić information content (AvgIpc) is 2.93. The molecule has 0 aliphatic rings. The van der Waals surface area contributed by atoms with Gasteiger partial charge >= 0.3 is 0 Å². The summed E-state index contributed by atoms with van der Waals surface area (Å²) in [6.07, 6.45) is 0. The molecule has 1 atom stereocenters. The predicted molar refractivity (Wildman–Crippen MR) is 166 cm³/mol. The molecular weight excluding hydrogens is 630 g/mol. The maximum absolute atomic E-state index is 14.1. The number of halogens is 2.